The minimum absolute atomic E-state index is 0.460. The maximum Gasteiger partial charge on any atom is 0.249 e. The van der Waals surface area contributed by atoms with E-state index >= 15 is 0 Å². The van der Waals surface area contributed by atoms with Crippen LogP contribution in [0.1, 0.15) is 16.9 Å². The average Bonchev–Trinajstić information content (AvgIpc) is 3.03. The van der Waals surface area contributed by atoms with Crippen molar-refractivity contribution in [2.24, 2.45) is 0 Å². The number of aryl methyl sites for hydroxylation is 2. The zero-order valence-electron chi connectivity index (χ0n) is 12.5. The van der Waals surface area contributed by atoms with Gasteiger partial charge in [0.05, 0.1) is 19.0 Å². The number of hydrogen-bond donors (Lipinski definition) is 2. The summed E-state index contributed by atoms with van der Waals surface area (Å²) in [6.45, 7) is 4.64. The fraction of sp³-hybridized carbons (Fsp3) is 0.188. The summed E-state index contributed by atoms with van der Waals surface area (Å²) >= 11 is 0. The van der Waals surface area contributed by atoms with Gasteiger partial charge in [-0.15, -0.1) is 5.10 Å². The summed E-state index contributed by atoms with van der Waals surface area (Å²) in [6, 6.07) is 9.86. The van der Waals surface area contributed by atoms with Crippen molar-refractivity contribution in [2.45, 2.75) is 20.4 Å². The number of furan rings is 1. The topological polar surface area (TPSA) is 75.9 Å². The molecule has 0 bridgehead atoms. The Hall–Kier alpha value is -2.89. The van der Waals surface area contributed by atoms with Crippen LogP contribution in [0.2, 0.25) is 0 Å². The van der Waals surface area contributed by atoms with E-state index < -0.39 is 0 Å². The molecule has 1 aromatic carbocycles. The Balaban J connectivity index is 1.73. The minimum atomic E-state index is 0.460. The second-order valence-corrected chi connectivity index (χ2v) is 4.99. The van der Waals surface area contributed by atoms with E-state index in [9.17, 15) is 0 Å². The summed E-state index contributed by atoms with van der Waals surface area (Å²) in [5, 5.41) is 14.4. The first-order valence-corrected chi connectivity index (χ1v) is 7.01. The van der Waals surface area contributed by atoms with Crippen molar-refractivity contribution in [3.8, 4) is 0 Å². The predicted molar refractivity (Wildman–Crippen MR) is 85.1 cm³/mol. The van der Waals surface area contributed by atoms with E-state index in [4.69, 9.17) is 4.42 Å². The van der Waals surface area contributed by atoms with Crippen molar-refractivity contribution in [3.63, 3.8) is 0 Å². The number of nitrogens with one attached hydrogen (secondary N) is 2. The van der Waals surface area contributed by atoms with Crippen molar-refractivity contribution in [2.75, 3.05) is 10.6 Å². The molecule has 3 aromatic rings. The van der Waals surface area contributed by atoms with Gasteiger partial charge in [-0.1, -0.05) is 18.2 Å². The van der Waals surface area contributed by atoms with Gasteiger partial charge in [-0.2, -0.15) is 10.1 Å². The fourth-order valence-electron chi connectivity index (χ4n) is 2.16. The Morgan fingerprint density at radius 1 is 1.09 bits per heavy atom. The van der Waals surface area contributed by atoms with Gasteiger partial charge in [0, 0.05) is 5.69 Å². The molecule has 6 heteroatoms. The number of para-hydroxylation sites is 1. The molecule has 0 saturated heterocycles. The van der Waals surface area contributed by atoms with Gasteiger partial charge in [-0.05, 0) is 37.1 Å². The van der Waals surface area contributed by atoms with Gasteiger partial charge in [-0.25, -0.2) is 0 Å². The molecule has 22 heavy (non-hydrogen) atoms. The van der Waals surface area contributed by atoms with Gasteiger partial charge >= 0.3 is 0 Å². The fourth-order valence-corrected chi connectivity index (χ4v) is 2.16. The Labute approximate surface area is 128 Å². The SMILES string of the molecule is Cc1cccc(C)c1Nc1nncc(NCc2ccco2)n1. The van der Waals surface area contributed by atoms with Crippen molar-refractivity contribution >= 4 is 17.5 Å². The summed E-state index contributed by atoms with van der Waals surface area (Å²) < 4.78 is 5.27. The lowest BCUT2D eigenvalue weighted by molar-refractivity contribution is 0.517. The van der Waals surface area contributed by atoms with Crippen molar-refractivity contribution in [1.82, 2.24) is 15.2 Å². The van der Waals surface area contributed by atoms with Gasteiger partial charge in [0.2, 0.25) is 5.95 Å². The molecule has 0 aliphatic carbocycles. The third kappa shape index (κ3) is 3.22. The molecule has 2 N–H and O–H groups in total. The summed E-state index contributed by atoms with van der Waals surface area (Å²) in [7, 11) is 0. The molecule has 0 aliphatic rings. The van der Waals surface area contributed by atoms with E-state index in [0.717, 1.165) is 22.6 Å². The molecule has 2 aromatic heterocycles. The number of nitrogens with zero attached hydrogens (tertiary/aromatic N) is 3. The molecule has 0 atom stereocenters. The predicted octanol–water partition coefficient (Wildman–Crippen LogP) is 3.44. The number of aromatic nitrogens is 3. The monoisotopic (exact) mass is 295 g/mol. The molecule has 0 saturated carbocycles. The largest absolute Gasteiger partial charge is 0.467 e. The number of rotatable bonds is 5. The Bertz CT molecular complexity index is 735. The molecule has 0 radical (unpaired) electrons. The molecule has 0 spiro atoms. The maximum atomic E-state index is 5.27. The van der Waals surface area contributed by atoms with Crippen LogP contribution in [-0.2, 0) is 6.54 Å². The highest BCUT2D eigenvalue weighted by Crippen LogP contribution is 2.22. The first kappa shape index (κ1) is 14.1. The Kier molecular flexibility index (Phi) is 4.00. The number of benzene rings is 1. The number of anilines is 3. The zero-order chi connectivity index (χ0) is 15.4. The van der Waals surface area contributed by atoms with Crippen LogP contribution in [0.25, 0.3) is 0 Å². The summed E-state index contributed by atoms with van der Waals surface area (Å²) in [5.74, 6) is 1.94. The molecule has 0 fully saturated rings. The van der Waals surface area contributed by atoms with Gasteiger partial charge < -0.3 is 15.1 Å². The van der Waals surface area contributed by atoms with Crippen LogP contribution in [0.5, 0.6) is 0 Å². The summed E-state index contributed by atoms with van der Waals surface area (Å²) in [5.41, 5.74) is 3.28. The molecule has 2 heterocycles. The second kappa shape index (κ2) is 6.26. The highest BCUT2D eigenvalue weighted by Gasteiger charge is 2.06. The van der Waals surface area contributed by atoms with Gasteiger partial charge in [-0.3, -0.25) is 0 Å². The third-order valence-corrected chi connectivity index (χ3v) is 3.30. The van der Waals surface area contributed by atoms with Crippen LogP contribution in [0.15, 0.2) is 47.2 Å². The van der Waals surface area contributed by atoms with E-state index in [0.29, 0.717) is 18.3 Å². The normalized spacial score (nSPS) is 10.5. The first-order valence-electron chi connectivity index (χ1n) is 7.01. The minimum Gasteiger partial charge on any atom is -0.467 e. The van der Waals surface area contributed by atoms with Crippen LogP contribution < -0.4 is 10.6 Å². The Morgan fingerprint density at radius 2 is 1.91 bits per heavy atom. The molecule has 6 nitrogen and oxygen atoms in total. The maximum absolute atomic E-state index is 5.27. The lowest BCUT2D eigenvalue weighted by atomic mass is 10.1. The highest BCUT2D eigenvalue weighted by molar-refractivity contribution is 5.63. The summed E-state index contributed by atoms with van der Waals surface area (Å²) in [6.07, 6.45) is 3.22. The third-order valence-electron chi connectivity index (χ3n) is 3.30. The number of hydrogen-bond acceptors (Lipinski definition) is 6. The smallest absolute Gasteiger partial charge is 0.249 e. The van der Waals surface area contributed by atoms with Crippen molar-refractivity contribution in [3.05, 3.63) is 59.7 Å². The second-order valence-electron chi connectivity index (χ2n) is 4.99. The lowest BCUT2D eigenvalue weighted by Crippen LogP contribution is -2.06. The van der Waals surface area contributed by atoms with Gasteiger partial charge in [0.1, 0.15) is 5.76 Å². The van der Waals surface area contributed by atoms with Gasteiger partial charge in [0.15, 0.2) is 5.82 Å². The van der Waals surface area contributed by atoms with E-state index in [1.54, 1.807) is 12.5 Å². The van der Waals surface area contributed by atoms with E-state index in [1.165, 1.54) is 0 Å². The molecular weight excluding hydrogens is 278 g/mol. The van der Waals surface area contributed by atoms with Crippen LogP contribution in [-0.4, -0.2) is 15.2 Å². The van der Waals surface area contributed by atoms with Crippen LogP contribution >= 0.6 is 0 Å². The molecule has 0 aliphatic heterocycles. The average molecular weight is 295 g/mol. The van der Waals surface area contributed by atoms with E-state index in [-0.39, 0.29) is 0 Å². The van der Waals surface area contributed by atoms with Crippen LogP contribution in [0.3, 0.4) is 0 Å². The van der Waals surface area contributed by atoms with Crippen molar-refractivity contribution in [1.29, 1.82) is 0 Å². The Morgan fingerprint density at radius 3 is 2.64 bits per heavy atom. The molecular formula is C16H17N5O. The van der Waals surface area contributed by atoms with Crippen LogP contribution in [0, 0.1) is 13.8 Å². The standard InChI is InChI=1S/C16H17N5O/c1-11-5-3-6-12(2)15(11)20-16-19-14(10-18-21-16)17-9-13-7-4-8-22-13/h3-8,10H,9H2,1-2H3,(H2,17,19,20,21). The molecule has 112 valence electrons. The summed E-state index contributed by atoms with van der Waals surface area (Å²) in [4.78, 5) is 4.41. The zero-order valence-corrected chi connectivity index (χ0v) is 12.5. The van der Waals surface area contributed by atoms with E-state index in [1.807, 2.05) is 44.2 Å². The molecule has 3 rings (SSSR count). The van der Waals surface area contributed by atoms with Crippen LogP contribution in [0.4, 0.5) is 17.5 Å². The quantitative estimate of drug-likeness (QED) is 0.751. The van der Waals surface area contributed by atoms with Crippen molar-refractivity contribution < 1.29 is 4.42 Å². The molecule has 0 amide bonds. The van der Waals surface area contributed by atoms with Gasteiger partial charge in [0.25, 0.3) is 0 Å². The first-order chi connectivity index (χ1) is 10.7. The van der Waals surface area contributed by atoms with E-state index in [2.05, 4.69) is 25.8 Å². The lowest BCUT2D eigenvalue weighted by Gasteiger charge is -2.11. The highest BCUT2D eigenvalue weighted by atomic mass is 16.3. The molecule has 0 unspecified atom stereocenters.